The molecule has 0 fully saturated rings. The predicted molar refractivity (Wildman–Crippen MR) is 105 cm³/mol. The van der Waals surface area contributed by atoms with Crippen molar-refractivity contribution in [1.82, 2.24) is 10.6 Å². The van der Waals surface area contributed by atoms with Crippen LogP contribution in [-0.4, -0.2) is 45.0 Å². The molecule has 1 aromatic rings. The van der Waals surface area contributed by atoms with Gasteiger partial charge in [0.15, 0.2) is 5.96 Å². The highest BCUT2D eigenvalue weighted by molar-refractivity contribution is 5.79. The summed E-state index contributed by atoms with van der Waals surface area (Å²) in [5, 5.41) is 6.46. The summed E-state index contributed by atoms with van der Waals surface area (Å²) in [5.74, 6) is 1.11. The predicted octanol–water partition coefficient (Wildman–Crippen LogP) is 3.88. The third-order valence-corrected chi connectivity index (χ3v) is 4.06. The number of alkyl halides is 3. The summed E-state index contributed by atoms with van der Waals surface area (Å²) in [6.07, 6.45) is -3.24. The molecular formula is C20H32F3N3O2. The van der Waals surface area contributed by atoms with Gasteiger partial charge in [0.1, 0.15) is 6.61 Å². The number of aliphatic imine (C=N–C) groups is 1. The van der Waals surface area contributed by atoms with Gasteiger partial charge in [-0.15, -0.1) is 0 Å². The highest BCUT2D eigenvalue weighted by Crippen LogP contribution is 2.16. The molecule has 0 radical (unpaired) electrons. The Morgan fingerprint density at radius 2 is 1.89 bits per heavy atom. The van der Waals surface area contributed by atoms with Gasteiger partial charge < -0.3 is 20.1 Å². The quantitative estimate of drug-likeness (QED) is 0.435. The Kier molecular flexibility index (Phi) is 10.9. The van der Waals surface area contributed by atoms with E-state index in [2.05, 4.69) is 29.5 Å². The molecule has 0 aromatic heterocycles. The first-order valence-electron chi connectivity index (χ1n) is 9.53. The van der Waals surface area contributed by atoms with Gasteiger partial charge in [-0.1, -0.05) is 38.1 Å². The topological polar surface area (TPSA) is 54.9 Å². The lowest BCUT2D eigenvalue weighted by Gasteiger charge is -2.21. The first-order chi connectivity index (χ1) is 13.2. The van der Waals surface area contributed by atoms with Crippen LogP contribution in [0.25, 0.3) is 0 Å². The molecule has 2 N–H and O–H groups in total. The molecule has 0 aliphatic heterocycles. The van der Waals surface area contributed by atoms with E-state index in [0.29, 0.717) is 30.6 Å². The van der Waals surface area contributed by atoms with Gasteiger partial charge in [0.2, 0.25) is 0 Å². The Morgan fingerprint density at radius 3 is 2.50 bits per heavy atom. The molecule has 0 bridgehead atoms. The minimum atomic E-state index is -4.31. The van der Waals surface area contributed by atoms with Crippen molar-refractivity contribution in [1.29, 1.82) is 0 Å². The summed E-state index contributed by atoms with van der Waals surface area (Å²) in [4.78, 5) is 4.19. The van der Waals surface area contributed by atoms with Gasteiger partial charge in [-0.2, -0.15) is 13.2 Å². The monoisotopic (exact) mass is 403 g/mol. The number of benzene rings is 1. The summed E-state index contributed by atoms with van der Waals surface area (Å²) in [7, 11) is 1.69. The van der Waals surface area contributed by atoms with Crippen molar-refractivity contribution < 1.29 is 22.6 Å². The fourth-order valence-corrected chi connectivity index (χ4v) is 2.68. The first kappa shape index (κ1) is 24.2. The van der Waals surface area contributed by atoms with Crippen LogP contribution in [0.5, 0.6) is 0 Å². The highest BCUT2D eigenvalue weighted by Gasteiger charge is 2.27. The smallest absolute Gasteiger partial charge is 0.378 e. The summed E-state index contributed by atoms with van der Waals surface area (Å²) < 4.78 is 46.9. The van der Waals surface area contributed by atoms with Gasteiger partial charge in [-0.3, -0.25) is 4.99 Å². The van der Waals surface area contributed by atoms with E-state index in [-0.39, 0.29) is 12.7 Å². The number of guanidine groups is 1. The zero-order valence-corrected chi connectivity index (χ0v) is 17.1. The van der Waals surface area contributed by atoms with Crippen molar-refractivity contribution in [2.75, 3.05) is 26.8 Å². The van der Waals surface area contributed by atoms with Crippen molar-refractivity contribution >= 4 is 5.96 Å². The normalized spacial score (nSPS) is 13.6. The Morgan fingerprint density at radius 1 is 1.18 bits per heavy atom. The highest BCUT2D eigenvalue weighted by atomic mass is 19.4. The molecule has 5 nitrogen and oxygen atoms in total. The van der Waals surface area contributed by atoms with Crippen LogP contribution in [0.2, 0.25) is 0 Å². The van der Waals surface area contributed by atoms with Crippen molar-refractivity contribution in [3.8, 4) is 0 Å². The summed E-state index contributed by atoms with van der Waals surface area (Å²) in [6, 6.07) is 7.26. The second-order valence-electron chi connectivity index (χ2n) is 6.81. The van der Waals surface area contributed by atoms with E-state index < -0.39 is 12.8 Å². The summed E-state index contributed by atoms with van der Waals surface area (Å²) in [5.41, 5.74) is 1.63. The zero-order chi connectivity index (χ0) is 21.0. The Bertz CT molecular complexity index is 592. The SMILES string of the molecule is CCOC(CCNC(=NC)NCc1cccc(COCC(F)(F)F)c1)C(C)C. The van der Waals surface area contributed by atoms with Gasteiger partial charge >= 0.3 is 6.18 Å². The standard InChI is InChI=1S/C20H32F3N3O2/c1-5-28-18(15(2)3)9-10-25-19(24-4)26-12-16-7-6-8-17(11-16)13-27-14-20(21,22)23/h6-8,11,15,18H,5,9-10,12-14H2,1-4H3,(H2,24,25,26). The first-order valence-corrected chi connectivity index (χ1v) is 9.53. The van der Waals surface area contributed by atoms with E-state index in [1.54, 1.807) is 19.2 Å². The summed E-state index contributed by atoms with van der Waals surface area (Å²) in [6.45, 7) is 6.88. The van der Waals surface area contributed by atoms with Crippen molar-refractivity contribution in [3.63, 3.8) is 0 Å². The number of nitrogens with zero attached hydrogens (tertiary/aromatic N) is 1. The van der Waals surface area contributed by atoms with Gasteiger partial charge in [0.05, 0.1) is 12.7 Å². The number of hydrogen-bond donors (Lipinski definition) is 2. The van der Waals surface area contributed by atoms with Crippen LogP contribution in [0.3, 0.4) is 0 Å². The molecule has 0 aliphatic carbocycles. The van der Waals surface area contributed by atoms with E-state index in [9.17, 15) is 13.2 Å². The third-order valence-electron chi connectivity index (χ3n) is 4.06. The molecule has 0 heterocycles. The lowest BCUT2D eigenvalue weighted by molar-refractivity contribution is -0.176. The van der Waals surface area contributed by atoms with Crippen LogP contribution in [0.15, 0.2) is 29.3 Å². The van der Waals surface area contributed by atoms with Gasteiger partial charge in [-0.25, -0.2) is 0 Å². The van der Waals surface area contributed by atoms with E-state index >= 15 is 0 Å². The van der Waals surface area contributed by atoms with Crippen molar-refractivity contribution in [3.05, 3.63) is 35.4 Å². The minimum Gasteiger partial charge on any atom is -0.378 e. The molecule has 0 aliphatic rings. The maximum Gasteiger partial charge on any atom is 0.411 e. The third kappa shape index (κ3) is 10.5. The van der Waals surface area contributed by atoms with Crippen LogP contribution >= 0.6 is 0 Å². The van der Waals surface area contributed by atoms with Crippen LogP contribution in [0.1, 0.15) is 38.3 Å². The average molecular weight is 403 g/mol. The van der Waals surface area contributed by atoms with Gasteiger partial charge in [0, 0.05) is 26.7 Å². The Balaban J connectivity index is 2.43. The lowest BCUT2D eigenvalue weighted by Crippen LogP contribution is -2.38. The van der Waals surface area contributed by atoms with Crippen LogP contribution in [0.4, 0.5) is 13.2 Å². The fraction of sp³-hybridized carbons (Fsp3) is 0.650. The summed E-state index contributed by atoms with van der Waals surface area (Å²) >= 11 is 0. The second kappa shape index (κ2) is 12.6. The molecule has 0 amide bonds. The molecule has 0 spiro atoms. The number of nitrogens with one attached hydrogen (secondary N) is 2. The molecule has 1 rings (SSSR count). The molecule has 1 atom stereocenters. The number of halogens is 3. The second-order valence-corrected chi connectivity index (χ2v) is 6.81. The zero-order valence-electron chi connectivity index (χ0n) is 17.1. The number of ether oxygens (including phenoxy) is 2. The lowest BCUT2D eigenvalue weighted by atomic mass is 10.0. The van der Waals surface area contributed by atoms with Gasteiger partial charge in [-0.05, 0) is 30.4 Å². The molecule has 0 saturated heterocycles. The molecule has 0 saturated carbocycles. The molecule has 28 heavy (non-hydrogen) atoms. The molecular weight excluding hydrogens is 371 g/mol. The molecule has 1 aromatic carbocycles. The number of hydrogen-bond acceptors (Lipinski definition) is 3. The molecule has 8 heteroatoms. The van der Waals surface area contributed by atoms with Gasteiger partial charge in [0.25, 0.3) is 0 Å². The molecule has 1 unspecified atom stereocenters. The Hall–Kier alpha value is -1.80. The minimum absolute atomic E-state index is 0.0751. The number of rotatable bonds is 11. The van der Waals surface area contributed by atoms with Crippen LogP contribution in [-0.2, 0) is 22.6 Å². The van der Waals surface area contributed by atoms with E-state index in [4.69, 9.17) is 9.47 Å². The van der Waals surface area contributed by atoms with Crippen molar-refractivity contribution in [2.45, 2.75) is 52.6 Å². The average Bonchev–Trinajstić information content (AvgIpc) is 2.62. The van der Waals surface area contributed by atoms with Crippen LogP contribution < -0.4 is 10.6 Å². The fourth-order valence-electron chi connectivity index (χ4n) is 2.68. The van der Waals surface area contributed by atoms with Crippen molar-refractivity contribution in [2.24, 2.45) is 10.9 Å². The van der Waals surface area contributed by atoms with E-state index in [1.807, 2.05) is 19.1 Å². The Labute approximate surface area is 165 Å². The largest absolute Gasteiger partial charge is 0.411 e. The van der Waals surface area contributed by atoms with E-state index in [0.717, 1.165) is 18.5 Å². The maximum absolute atomic E-state index is 12.2. The maximum atomic E-state index is 12.2. The van der Waals surface area contributed by atoms with E-state index in [1.165, 1.54) is 0 Å². The van der Waals surface area contributed by atoms with Crippen LogP contribution in [0, 0.1) is 5.92 Å². The molecule has 160 valence electrons.